The van der Waals surface area contributed by atoms with Gasteiger partial charge in [-0.15, -0.1) is 0 Å². The predicted octanol–water partition coefficient (Wildman–Crippen LogP) is 0.418. The Morgan fingerprint density at radius 3 is 2.45 bits per heavy atom. The molecule has 20 heavy (non-hydrogen) atoms. The zero-order valence-corrected chi connectivity index (χ0v) is 11.2. The number of nitrogens with zero attached hydrogens (tertiary/aromatic N) is 1. The van der Waals surface area contributed by atoms with Crippen molar-refractivity contribution in [1.29, 1.82) is 0 Å². The second kappa shape index (κ2) is 5.55. The van der Waals surface area contributed by atoms with Crippen LogP contribution < -0.4 is 16.8 Å². The molecule has 0 saturated carbocycles. The third-order valence-corrected chi connectivity index (χ3v) is 2.84. The van der Waals surface area contributed by atoms with Crippen molar-refractivity contribution in [2.24, 2.45) is 11.1 Å². The Hall–Kier alpha value is -2.64. The van der Waals surface area contributed by atoms with Gasteiger partial charge in [0.25, 0.3) is 11.6 Å². The van der Waals surface area contributed by atoms with Crippen molar-refractivity contribution in [2.45, 2.75) is 13.8 Å². The highest BCUT2D eigenvalue weighted by Crippen LogP contribution is 2.22. The van der Waals surface area contributed by atoms with Crippen molar-refractivity contribution < 1.29 is 14.5 Å². The van der Waals surface area contributed by atoms with Crippen LogP contribution in [-0.4, -0.2) is 23.3 Å². The van der Waals surface area contributed by atoms with Crippen molar-refractivity contribution in [3.05, 3.63) is 33.9 Å². The lowest BCUT2D eigenvalue weighted by atomic mass is 9.92. The highest BCUT2D eigenvalue weighted by molar-refractivity contribution is 5.96. The second-order valence-electron chi connectivity index (χ2n) is 4.96. The maximum Gasteiger partial charge on any atom is 0.292 e. The number of primary amides is 1. The summed E-state index contributed by atoms with van der Waals surface area (Å²) in [6.45, 7) is 3.25. The van der Waals surface area contributed by atoms with E-state index in [4.69, 9.17) is 11.5 Å². The molecule has 5 N–H and O–H groups in total. The molecule has 8 nitrogen and oxygen atoms in total. The van der Waals surface area contributed by atoms with E-state index >= 15 is 0 Å². The van der Waals surface area contributed by atoms with Crippen LogP contribution in [0, 0.1) is 15.5 Å². The Kier molecular flexibility index (Phi) is 4.28. The van der Waals surface area contributed by atoms with Gasteiger partial charge in [0.1, 0.15) is 5.69 Å². The zero-order valence-electron chi connectivity index (χ0n) is 11.2. The van der Waals surface area contributed by atoms with Crippen LogP contribution in [0.15, 0.2) is 18.2 Å². The van der Waals surface area contributed by atoms with Gasteiger partial charge >= 0.3 is 0 Å². The van der Waals surface area contributed by atoms with Crippen molar-refractivity contribution in [2.75, 3.05) is 12.3 Å². The summed E-state index contributed by atoms with van der Waals surface area (Å²) in [5.74, 6) is -1.03. The van der Waals surface area contributed by atoms with Gasteiger partial charge in [-0.25, -0.2) is 0 Å². The summed E-state index contributed by atoms with van der Waals surface area (Å²) < 4.78 is 0. The molecule has 0 spiro atoms. The molecule has 0 atom stereocenters. The molecule has 0 aliphatic rings. The zero-order chi connectivity index (χ0) is 15.5. The third kappa shape index (κ3) is 3.44. The summed E-state index contributed by atoms with van der Waals surface area (Å²) in [5.41, 5.74) is 9.60. The van der Waals surface area contributed by atoms with Crippen LogP contribution in [0.25, 0.3) is 0 Å². The third-order valence-electron chi connectivity index (χ3n) is 2.84. The molecular formula is C12H16N4O4. The van der Waals surface area contributed by atoms with E-state index in [9.17, 15) is 19.7 Å². The number of rotatable bonds is 5. The van der Waals surface area contributed by atoms with Crippen LogP contribution in [-0.2, 0) is 4.79 Å². The van der Waals surface area contributed by atoms with E-state index in [0.717, 1.165) is 6.07 Å². The molecule has 0 saturated heterocycles. The van der Waals surface area contributed by atoms with Gasteiger partial charge < -0.3 is 16.8 Å². The highest BCUT2D eigenvalue weighted by atomic mass is 16.6. The molecule has 0 bridgehead atoms. The number of nitrogens with one attached hydrogen (secondary N) is 1. The van der Waals surface area contributed by atoms with Crippen molar-refractivity contribution in [3.8, 4) is 0 Å². The fourth-order valence-electron chi connectivity index (χ4n) is 1.35. The number of hydrogen-bond acceptors (Lipinski definition) is 5. The molecule has 1 aromatic rings. The first kappa shape index (κ1) is 15.4. The summed E-state index contributed by atoms with van der Waals surface area (Å²) in [4.78, 5) is 33.0. The van der Waals surface area contributed by atoms with Gasteiger partial charge in [0, 0.05) is 18.2 Å². The summed E-state index contributed by atoms with van der Waals surface area (Å²) in [7, 11) is 0. The number of nitro benzene ring substituents is 1. The van der Waals surface area contributed by atoms with Crippen LogP contribution in [0.4, 0.5) is 11.4 Å². The first-order valence-electron chi connectivity index (χ1n) is 5.77. The van der Waals surface area contributed by atoms with Gasteiger partial charge in [-0.2, -0.15) is 0 Å². The van der Waals surface area contributed by atoms with E-state index in [1.807, 2.05) is 0 Å². The van der Waals surface area contributed by atoms with Crippen LogP contribution in [0.2, 0.25) is 0 Å². The quantitative estimate of drug-likeness (QED) is 0.407. The lowest BCUT2D eigenvalue weighted by Crippen LogP contribution is -2.42. The molecule has 2 amide bonds. The molecule has 0 aliphatic carbocycles. The predicted molar refractivity (Wildman–Crippen MR) is 72.8 cm³/mol. The molecule has 0 aliphatic heterocycles. The fraction of sp³-hybridized carbons (Fsp3) is 0.333. The number of benzene rings is 1. The molecule has 8 heteroatoms. The monoisotopic (exact) mass is 280 g/mol. The fourth-order valence-corrected chi connectivity index (χ4v) is 1.35. The van der Waals surface area contributed by atoms with Crippen molar-refractivity contribution in [3.63, 3.8) is 0 Å². The number of hydrogen-bond donors (Lipinski definition) is 3. The Morgan fingerprint density at radius 1 is 1.40 bits per heavy atom. The average molecular weight is 280 g/mol. The van der Waals surface area contributed by atoms with Gasteiger partial charge in [-0.1, -0.05) is 0 Å². The molecule has 108 valence electrons. The first-order chi connectivity index (χ1) is 9.15. The normalized spacial score (nSPS) is 10.9. The van der Waals surface area contributed by atoms with Gasteiger partial charge in [0.05, 0.1) is 10.3 Å². The van der Waals surface area contributed by atoms with E-state index in [1.54, 1.807) is 13.8 Å². The molecule has 0 unspecified atom stereocenters. The van der Waals surface area contributed by atoms with E-state index in [-0.39, 0.29) is 23.5 Å². The molecule has 0 heterocycles. The Bertz CT molecular complexity index is 569. The second-order valence-corrected chi connectivity index (χ2v) is 4.96. The molecule has 0 aromatic heterocycles. The number of carbonyl (C=O) groups is 2. The topological polar surface area (TPSA) is 141 Å². The van der Waals surface area contributed by atoms with Crippen LogP contribution in [0.5, 0.6) is 0 Å². The van der Waals surface area contributed by atoms with Gasteiger partial charge in [-0.05, 0) is 26.0 Å². The van der Waals surface area contributed by atoms with Crippen LogP contribution in [0.1, 0.15) is 24.2 Å². The van der Waals surface area contributed by atoms with Crippen LogP contribution >= 0.6 is 0 Å². The summed E-state index contributed by atoms with van der Waals surface area (Å²) >= 11 is 0. The summed E-state index contributed by atoms with van der Waals surface area (Å²) in [6, 6.07) is 3.66. The van der Waals surface area contributed by atoms with Crippen molar-refractivity contribution in [1.82, 2.24) is 5.32 Å². The van der Waals surface area contributed by atoms with Gasteiger partial charge in [0.2, 0.25) is 5.91 Å². The minimum Gasteiger partial charge on any atom is -0.393 e. The standard InChI is InChI=1S/C12H16N4O4/c1-12(2,11(14)18)6-15-10(17)7-3-4-9(16(19)20)8(13)5-7/h3-5H,6,13H2,1-2H3,(H2,14,18)(H,15,17). The lowest BCUT2D eigenvalue weighted by molar-refractivity contribution is -0.383. The smallest absolute Gasteiger partial charge is 0.292 e. The number of nitro groups is 1. The maximum absolute atomic E-state index is 11.9. The average Bonchev–Trinajstić information content (AvgIpc) is 2.35. The van der Waals surface area contributed by atoms with E-state index in [0.29, 0.717) is 0 Å². The number of amides is 2. The number of nitrogens with two attached hydrogens (primary N) is 2. The molecule has 1 rings (SSSR count). The number of nitrogen functional groups attached to an aromatic ring is 1. The lowest BCUT2D eigenvalue weighted by Gasteiger charge is -2.20. The molecule has 0 radical (unpaired) electrons. The molecule has 0 fully saturated rings. The molecule has 1 aromatic carbocycles. The van der Waals surface area contributed by atoms with Crippen LogP contribution in [0.3, 0.4) is 0 Å². The highest BCUT2D eigenvalue weighted by Gasteiger charge is 2.25. The number of anilines is 1. The van der Waals surface area contributed by atoms with E-state index in [1.165, 1.54) is 12.1 Å². The SMILES string of the molecule is CC(C)(CNC(=O)c1ccc([N+](=O)[O-])c(N)c1)C(N)=O. The Morgan fingerprint density at radius 2 is 2.00 bits per heavy atom. The minimum atomic E-state index is -0.887. The van der Waals surface area contributed by atoms with Crippen molar-refractivity contribution >= 4 is 23.2 Å². The van der Waals surface area contributed by atoms with E-state index < -0.39 is 22.2 Å². The maximum atomic E-state index is 11.9. The minimum absolute atomic E-state index is 0.0536. The summed E-state index contributed by atoms with van der Waals surface area (Å²) in [6.07, 6.45) is 0. The molecular weight excluding hydrogens is 264 g/mol. The number of carbonyl (C=O) groups excluding carboxylic acids is 2. The van der Waals surface area contributed by atoms with E-state index in [2.05, 4.69) is 5.32 Å². The Labute approximate surface area is 115 Å². The Balaban J connectivity index is 2.82. The largest absolute Gasteiger partial charge is 0.393 e. The van der Waals surface area contributed by atoms with Gasteiger partial charge in [-0.3, -0.25) is 19.7 Å². The van der Waals surface area contributed by atoms with Gasteiger partial charge in [0.15, 0.2) is 0 Å². The summed E-state index contributed by atoms with van der Waals surface area (Å²) in [5, 5.41) is 13.1. The first-order valence-corrected chi connectivity index (χ1v) is 5.77.